The number of nitro benzene ring substituents is 1. The number of aromatic nitrogens is 2. The number of nitrogens with zero attached hydrogens (tertiary/aromatic N) is 3. The van der Waals surface area contributed by atoms with Crippen LogP contribution in [0, 0.1) is 10.1 Å². The van der Waals surface area contributed by atoms with Crippen molar-refractivity contribution in [3.8, 4) is 11.6 Å². The number of nitrogen functional groups attached to an aromatic ring is 1. The lowest BCUT2D eigenvalue weighted by Gasteiger charge is -2.10. The molecular formula is C13H13ClN4O3. The smallest absolute Gasteiger partial charge is 0.288 e. The van der Waals surface area contributed by atoms with Crippen molar-refractivity contribution in [2.45, 2.75) is 19.8 Å². The standard InChI is InChI=1S/C13H13ClN4O3/c1-2-3-9-12(15)16-7-17-13(9)21-8-4-5-11(18(19)20)10(14)6-8/h4-7H,2-3H2,1H3,(H2,15,16,17). The van der Waals surface area contributed by atoms with Crippen molar-refractivity contribution in [1.82, 2.24) is 9.97 Å². The fourth-order valence-corrected chi connectivity index (χ4v) is 2.03. The van der Waals surface area contributed by atoms with Crippen LogP contribution in [0.1, 0.15) is 18.9 Å². The second kappa shape index (κ2) is 6.36. The van der Waals surface area contributed by atoms with Gasteiger partial charge in [-0.05, 0) is 12.5 Å². The van der Waals surface area contributed by atoms with E-state index in [1.165, 1.54) is 24.5 Å². The molecule has 0 aliphatic heterocycles. The molecule has 21 heavy (non-hydrogen) atoms. The largest absolute Gasteiger partial charge is 0.438 e. The summed E-state index contributed by atoms with van der Waals surface area (Å²) in [5, 5.41) is 10.7. The number of halogens is 1. The van der Waals surface area contributed by atoms with Gasteiger partial charge in [-0.15, -0.1) is 0 Å². The van der Waals surface area contributed by atoms with Crippen LogP contribution in [0.5, 0.6) is 11.6 Å². The minimum Gasteiger partial charge on any atom is -0.438 e. The van der Waals surface area contributed by atoms with Crippen LogP contribution in [0.4, 0.5) is 11.5 Å². The van der Waals surface area contributed by atoms with Gasteiger partial charge in [0.15, 0.2) is 0 Å². The molecule has 0 atom stereocenters. The molecule has 8 heteroatoms. The molecule has 0 unspecified atom stereocenters. The Labute approximate surface area is 125 Å². The zero-order valence-electron chi connectivity index (χ0n) is 11.2. The number of hydrogen-bond acceptors (Lipinski definition) is 6. The van der Waals surface area contributed by atoms with Crippen LogP contribution >= 0.6 is 11.6 Å². The Morgan fingerprint density at radius 1 is 1.43 bits per heavy atom. The second-order valence-electron chi connectivity index (χ2n) is 4.27. The predicted octanol–water partition coefficient (Wildman–Crippen LogP) is 3.37. The molecule has 0 aliphatic rings. The van der Waals surface area contributed by atoms with Crippen LogP contribution in [0.3, 0.4) is 0 Å². The zero-order chi connectivity index (χ0) is 15.4. The number of nitrogens with two attached hydrogens (primary N) is 1. The Balaban J connectivity index is 2.32. The molecule has 1 heterocycles. The Morgan fingerprint density at radius 2 is 2.19 bits per heavy atom. The van der Waals surface area contributed by atoms with E-state index in [-0.39, 0.29) is 10.7 Å². The van der Waals surface area contributed by atoms with Gasteiger partial charge in [0.25, 0.3) is 5.69 Å². The van der Waals surface area contributed by atoms with Crippen molar-refractivity contribution in [1.29, 1.82) is 0 Å². The zero-order valence-corrected chi connectivity index (χ0v) is 12.0. The highest BCUT2D eigenvalue weighted by molar-refractivity contribution is 6.32. The first kappa shape index (κ1) is 15.0. The van der Waals surface area contributed by atoms with Gasteiger partial charge in [0.1, 0.15) is 22.9 Å². The third kappa shape index (κ3) is 3.38. The predicted molar refractivity (Wildman–Crippen MR) is 78.6 cm³/mol. The summed E-state index contributed by atoms with van der Waals surface area (Å²) in [5.74, 6) is 1.03. The van der Waals surface area contributed by atoms with Gasteiger partial charge in [-0.3, -0.25) is 10.1 Å². The van der Waals surface area contributed by atoms with Gasteiger partial charge < -0.3 is 10.5 Å². The molecule has 0 bridgehead atoms. The van der Waals surface area contributed by atoms with Gasteiger partial charge in [-0.1, -0.05) is 24.9 Å². The highest BCUT2D eigenvalue weighted by Gasteiger charge is 2.15. The van der Waals surface area contributed by atoms with Gasteiger partial charge in [-0.2, -0.15) is 0 Å². The summed E-state index contributed by atoms with van der Waals surface area (Å²) in [7, 11) is 0. The van der Waals surface area contributed by atoms with Gasteiger partial charge >= 0.3 is 0 Å². The van der Waals surface area contributed by atoms with E-state index < -0.39 is 4.92 Å². The molecular weight excluding hydrogens is 296 g/mol. The fourth-order valence-electron chi connectivity index (χ4n) is 1.79. The van der Waals surface area contributed by atoms with Crippen LogP contribution in [0.15, 0.2) is 24.5 Å². The van der Waals surface area contributed by atoms with E-state index >= 15 is 0 Å². The molecule has 0 saturated carbocycles. The quantitative estimate of drug-likeness (QED) is 0.670. The molecule has 7 nitrogen and oxygen atoms in total. The van der Waals surface area contributed by atoms with Crippen molar-refractivity contribution in [3.63, 3.8) is 0 Å². The summed E-state index contributed by atoms with van der Waals surface area (Å²) in [4.78, 5) is 18.1. The van der Waals surface area contributed by atoms with Crippen LogP contribution < -0.4 is 10.5 Å². The molecule has 0 fully saturated rings. The molecule has 1 aromatic heterocycles. The van der Waals surface area contributed by atoms with Gasteiger partial charge in [0, 0.05) is 12.1 Å². The number of ether oxygens (including phenoxy) is 1. The number of rotatable bonds is 5. The average molecular weight is 309 g/mol. The number of hydrogen-bond donors (Lipinski definition) is 1. The second-order valence-corrected chi connectivity index (χ2v) is 4.67. The number of anilines is 1. The molecule has 0 radical (unpaired) electrons. The lowest BCUT2D eigenvalue weighted by molar-refractivity contribution is -0.384. The van der Waals surface area contributed by atoms with Gasteiger partial charge in [0.05, 0.1) is 10.5 Å². The van der Waals surface area contributed by atoms with E-state index in [0.29, 0.717) is 29.4 Å². The molecule has 0 aliphatic carbocycles. The summed E-state index contributed by atoms with van der Waals surface area (Å²) in [6.07, 6.45) is 2.83. The maximum Gasteiger partial charge on any atom is 0.288 e. The molecule has 1 aromatic carbocycles. The third-order valence-electron chi connectivity index (χ3n) is 2.77. The van der Waals surface area contributed by atoms with E-state index in [0.717, 1.165) is 6.42 Å². The first-order chi connectivity index (χ1) is 10.0. The van der Waals surface area contributed by atoms with Crippen molar-refractivity contribution >= 4 is 23.1 Å². The lowest BCUT2D eigenvalue weighted by Crippen LogP contribution is -2.02. The van der Waals surface area contributed by atoms with E-state index in [1.807, 2.05) is 6.92 Å². The van der Waals surface area contributed by atoms with Crippen molar-refractivity contribution < 1.29 is 9.66 Å². The van der Waals surface area contributed by atoms with E-state index in [1.54, 1.807) is 0 Å². The molecule has 2 N–H and O–H groups in total. The van der Waals surface area contributed by atoms with Crippen molar-refractivity contribution in [2.75, 3.05) is 5.73 Å². The monoisotopic (exact) mass is 308 g/mol. The maximum atomic E-state index is 10.7. The lowest BCUT2D eigenvalue weighted by atomic mass is 10.2. The van der Waals surface area contributed by atoms with Crippen LogP contribution in [-0.2, 0) is 6.42 Å². The SMILES string of the molecule is CCCc1c(N)ncnc1Oc1ccc([N+](=O)[O-])c(Cl)c1. The Kier molecular flexibility index (Phi) is 4.54. The highest BCUT2D eigenvalue weighted by Crippen LogP contribution is 2.32. The molecule has 2 aromatic rings. The first-order valence-electron chi connectivity index (χ1n) is 6.24. The summed E-state index contributed by atoms with van der Waals surface area (Å²) >= 11 is 5.84. The van der Waals surface area contributed by atoms with E-state index in [2.05, 4.69) is 9.97 Å². The summed E-state index contributed by atoms with van der Waals surface area (Å²) in [5.41, 5.74) is 6.33. The van der Waals surface area contributed by atoms with Gasteiger partial charge in [-0.25, -0.2) is 9.97 Å². The average Bonchev–Trinajstić information content (AvgIpc) is 2.42. The topological polar surface area (TPSA) is 104 Å². The summed E-state index contributed by atoms with van der Waals surface area (Å²) in [6, 6.07) is 4.10. The highest BCUT2D eigenvalue weighted by atomic mass is 35.5. The van der Waals surface area contributed by atoms with E-state index in [4.69, 9.17) is 22.1 Å². The summed E-state index contributed by atoms with van der Waals surface area (Å²) < 4.78 is 5.62. The first-order valence-corrected chi connectivity index (χ1v) is 6.61. The third-order valence-corrected chi connectivity index (χ3v) is 3.07. The Bertz CT molecular complexity index is 678. The molecule has 110 valence electrons. The molecule has 0 saturated heterocycles. The van der Waals surface area contributed by atoms with Crippen LogP contribution in [-0.4, -0.2) is 14.9 Å². The summed E-state index contributed by atoms with van der Waals surface area (Å²) in [6.45, 7) is 2.00. The van der Waals surface area contributed by atoms with Gasteiger partial charge in [0.2, 0.25) is 5.88 Å². The van der Waals surface area contributed by atoms with E-state index in [9.17, 15) is 10.1 Å². The molecule has 2 rings (SSSR count). The fraction of sp³-hybridized carbons (Fsp3) is 0.231. The molecule has 0 amide bonds. The Morgan fingerprint density at radius 3 is 2.81 bits per heavy atom. The number of benzene rings is 1. The van der Waals surface area contributed by atoms with Crippen molar-refractivity contribution in [2.24, 2.45) is 0 Å². The normalized spacial score (nSPS) is 10.4. The van der Waals surface area contributed by atoms with Crippen molar-refractivity contribution in [3.05, 3.63) is 45.2 Å². The van der Waals surface area contributed by atoms with Crippen LogP contribution in [0.2, 0.25) is 5.02 Å². The minimum atomic E-state index is -0.558. The maximum absolute atomic E-state index is 10.7. The number of nitro groups is 1. The van der Waals surface area contributed by atoms with Crippen LogP contribution in [0.25, 0.3) is 0 Å². The Hall–Kier alpha value is -2.41. The molecule has 0 spiro atoms. The minimum absolute atomic E-state index is 0.00318.